The summed E-state index contributed by atoms with van der Waals surface area (Å²) in [6.07, 6.45) is 1.75. The molecule has 0 saturated carbocycles. The molecule has 2 atom stereocenters. The van der Waals surface area contributed by atoms with Gasteiger partial charge in [-0.05, 0) is 41.5 Å². The van der Waals surface area contributed by atoms with Gasteiger partial charge in [0, 0.05) is 24.4 Å². The summed E-state index contributed by atoms with van der Waals surface area (Å²) in [5.41, 5.74) is 9.29. The zero-order valence-corrected chi connectivity index (χ0v) is 21.5. The monoisotopic (exact) mass is 531 g/mol. The Balaban J connectivity index is 1.35. The zero-order chi connectivity index (χ0) is 27.5. The first-order valence-electron chi connectivity index (χ1n) is 12.8. The van der Waals surface area contributed by atoms with Gasteiger partial charge >= 0.3 is 0 Å². The van der Waals surface area contributed by atoms with Gasteiger partial charge in [-0.1, -0.05) is 54.6 Å². The summed E-state index contributed by atoms with van der Waals surface area (Å²) in [6.45, 7) is 1.03. The molecule has 0 radical (unpaired) electrons. The Morgan fingerprint density at radius 2 is 1.67 bits per heavy atom. The minimum absolute atomic E-state index is 0.0538. The highest BCUT2D eigenvalue weighted by Gasteiger charge is 2.28. The van der Waals surface area contributed by atoms with Crippen molar-refractivity contribution in [3.05, 3.63) is 107 Å². The molecule has 9 heteroatoms. The second-order valence-corrected chi connectivity index (χ2v) is 8.96. The van der Waals surface area contributed by atoms with Gasteiger partial charge in [0.15, 0.2) is 5.76 Å². The van der Waals surface area contributed by atoms with Gasteiger partial charge in [-0.2, -0.15) is 0 Å². The number of nitrogens with one attached hydrogen (secondary N) is 2. The zero-order valence-electron chi connectivity index (χ0n) is 21.5. The lowest BCUT2D eigenvalue weighted by molar-refractivity contribution is -0.151. The molecule has 0 aliphatic carbocycles. The van der Waals surface area contributed by atoms with Gasteiger partial charge in [-0.3, -0.25) is 9.59 Å². The number of benzene rings is 3. The standard InChI is InChI=1S/C30H33N3O6/c31-25-8-4-5-9-26(25)33-29(35)23-12-10-21(11-13-23)20-32-30(36)27-18-24(22-6-2-1-3-7-22)19-28(39-27)38-17-16-37-15-14-34/h1-13,18,24,28,34H,14-17,19-20,31H2,(H,32,36)(H,33,35)/t24-,28+/m0/s1. The molecular weight excluding hydrogens is 498 g/mol. The Kier molecular flexibility index (Phi) is 10.1. The van der Waals surface area contributed by atoms with Crippen LogP contribution in [0.1, 0.15) is 33.8 Å². The van der Waals surface area contributed by atoms with Crippen molar-refractivity contribution < 1.29 is 28.9 Å². The Labute approximate surface area is 227 Å². The lowest BCUT2D eigenvalue weighted by Gasteiger charge is -2.29. The van der Waals surface area contributed by atoms with E-state index in [2.05, 4.69) is 10.6 Å². The van der Waals surface area contributed by atoms with Crippen molar-refractivity contribution in [2.24, 2.45) is 0 Å². The van der Waals surface area contributed by atoms with Crippen LogP contribution in [0.2, 0.25) is 0 Å². The number of amides is 2. The average molecular weight is 532 g/mol. The number of aliphatic hydroxyl groups excluding tert-OH is 1. The van der Waals surface area contributed by atoms with Gasteiger partial charge in [0.05, 0.1) is 37.8 Å². The van der Waals surface area contributed by atoms with E-state index in [1.54, 1.807) is 48.5 Å². The summed E-state index contributed by atoms with van der Waals surface area (Å²) in [6, 6.07) is 23.9. The number of ether oxygens (including phenoxy) is 3. The van der Waals surface area contributed by atoms with Crippen LogP contribution in [0.3, 0.4) is 0 Å². The SMILES string of the molecule is Nc1ccccc1NC(=O)c1ccc(CNC(=O)C2=C[C@H](c3ccccc3)C[C@H](OCCOCCO)O2)cc1. The molecule has 0 unspecified atom stereocenters. The molecule has 0 spiro atoms. The number of aliphatic hydroxyl groups is 1. The largest absolute Gasteiger partial charge is 0.459 e. The molecule has 5 N–H and O–H groups in total. The third-order valence-corrected chi connectivity index (χ3v) is 6.15. The van der Waals surface area contributed by atoms with E-state index in [0.717, 1.165) is 11.1 Å². The van der Waals surface area contributed by atoms with Gasteiger partial charge in [-0.25, -0.2) is 0 Å². The van der Waals surface area contributed by atoms with Crippen LogP contribution in [0.5, 0.6) is 0 Å². The van der Waals surface area contributed by atoms with Gasteiger partial charge in [-0.15, -0.1) is 0 Å². The van der Waals surface area contributed by atoms with Crippen LogP contribution in [0.25, 0.3) is 0 Å². The first-order valence-corrected chi connectivity index (χ1v) is 12.8. The number of nitrogen functional groups attached to an aromatic ring is 1. The molecule has 1 aliphatic heterocycles. The van der Waals surface area contributed by atoms with Crippen LogP contribution in [0.4, 0.5) is 11.4 Å². The van der Waals surface area contributed by atoms with Gasteiger partial charge in [0.2, 0.25) is 6.29 Å². The minimum Gasteiger partial charge on any atom is -0.459 e. The molecule has 204 valence electrons. The maximum atomic E-state index is 13.0. The summed E-state index contributed by atoms with van der Waals surface area (Å²) in [5, 5.41) is 14.5. The summed E-state index contributed by atoms with van der Waals surface area (Å²) in [4.78, 5) is 25.6. The molecule has 39 heavy (non-hydrogen) atoms. The van der Waals surface area contributed by atoms with E-state index in [1.165, 1.54) is 0 Å². The molecule has 1 heterocycles. The number of hydrogen-bond acceptors (Lipinski definition) is 7. The van der Waals surface area contributed by atoms with Crippen molar-refractivity contribution in [3.63, 3.8) is 0 Å². The molecule has 2 amide bonds. The minimum atomic E-state index is -0.616. The number of anilines is 2. The van der Waals surface area contributed by atoms with E-state index in [9.17, 15) is 9.59 Å². The smallest absolute Gasteiger partial charge is 0.286 e. The number of carbonyl (C=O) groups excluding carboxylic acids is 2. The normalized spacial score (nSPS) is 16.6. The van der Waals surface area contributed by atoms with Crippen molar-refractivity contribution in [1.82, 2.24) is 5.32 Å². The molecule has 0 fully saturated rings. The van der Waals surface area contributed by atoms with Crippen molar-refractivity contribution in [1.29, 1.82) is 0 Å². The van der Waals surface area contributed by atoms with Gasteiger partial charge < -0.3 is 35.7 Å². The summed E-state index contributed by atoms with van der Waals surface area (Å²) < 4.78 is 16.9. The molecule has 4 rings (SSSR count). The number of nitrogens with two attached hydrogens (primary N) is 1. The number of allylic oxidation sites excluding steroid dienone is 1. The van der Waals surface area contributed by atoms with Gasteiger partial charge in [0.25, 0.3) is 11.8 Å². The summed E-state index contributed by atoms with van der Waals surface area (Å²) in [5.74, 6) is -0.500. The molecule has 1 aliphatic rings. The van der Waals surface area contributed by atoms with Crippen molar-refractivity contribution in [3.8, 4) is 0 Å². The van der Waals surface area contributed by atoms with Crippen molar-refractivity contribution in [2.45, 2.75) is 25.2 Å². The molecule has 9 nitrogen and oxygen atoms in total. The lowest BCUT2D eigenvalue weighted by Crippen LogP contribution is -2.33. The van der Waals surface area contributed by atoms with E-state index in [1.807, 2.05) is 36.4 Å². The Morgan fingerprint density at radius 3 is 2.41 bits per heavy atom. The van der Waals surface area contributed by atoms with Gasteiger partial charge in [0.1, 0.15) is 0 Å². The Morgan fingerprint density at radius 1 is 0.923 bits per heavy atom. The number of rotatable bonds is 12. The average Bonchev–Trinajstić information content (AvgIpc) is 2.97. The number of hydrogen-bond donors (Lipinski definition) is 4. The highest BCUT2D eigenvalue weighted by molar-refractivity contribution is 6.05. The predicted octanol–water partition coefficient (Wildman–Crippen LogP) is 3.58. The van der Waals surface area contributed by atoms with E-state index < -0.39 is 6.29 Å². The molecule has 3 aromatic rings. The topological polar surface area (TPSA) is 132 Å². The highest BCUT2D eigenvalue weighted by atomic mass is 16.7. The molecule has 0 aromatic heterocycles. The fraction of sp³-hybridized carbons (Fsp3) is 0.267. The quantitative estimate of drug-likeness (QED) is 0.207. The van der Waals surface area contributed by atoms with Crippen LogP contribution in [0.15, 0.2) is 90.7 Å². The molecule has 0 bridgehead atoms. The first-order chi connectivity index (χ1) is 19.0. The Bertz CT molecular complexity index is 1260. The van der Waals surface area contributed by atoms with E-state index in [-0.39, 0.29) is 49.9 Å². The van der Waals surface area contributed by atoms with Crippen molar-refractivity contribution in [2.75, 3.05) is 37.5 Å². The number of carbonyl (C=O) groups is 2. The van der Waals surface area contributed by atoms with Crippen LogP contribution in [0, 0.1) is 0 Å². The van der Waals surface area contributed by atoms with E-state index >= 15 is 0 Å². The van der Waals surface area contributed by atoms with Crippen molar-refractivity contribution >= 4 is 23.2 Å². The second-order valence-electron chi connectivity index (χ2n) is 8.96. The predicted molar refractivity (Wildman–Crippen MR) is 148 cm³/mol. The molecular formula is C30H33N3O6. The maximum absolute atomic E-state index is 13.0. The number of para-hydroxylation sites is 2. The van der Waals surface area contributed by atoms with E-state index in [4.69, 9.17) is 25.1 Å². The third kappa shape index (κ3) is 8.15. The maximum Gasteiger partial charge on any atom is 0.286 e. The second kappa shape index (κ2) is 14.1. The lowest BCUT2D eigenvalue weighted by atomic mass is 9.93. The molecule has 0 saturated heterocycles. The molecule has 3 aromatic carbocycles. The third-order valence-electron chi connectivity index (χ3n) is 6.15. The Hall–Kier alpha value is -4.18. The van der Waals surface area contributed by atoms with Crippen LogP contribution in [-0.2, 0) is 25.5 Å². The van der Waals surface area contributed by atoms with Crippen LogP contribution >= 0.6 is 0 Å². The first kappa shape index (κ1) is 27.8. The van der Waals surface area contributed by atoms with Crippen LogP contribution in [-0.4, -0.2) is 49.6 Å². The summed E-state index contributed by atoms with van der Waals surface area (Å²) >= 11 is 0. The fourth-order valence-corrected chi connectivity index (χ4v) is 4.10. The summed E-state index contributed by atoms with van der Waals surface area (Å²) in [7, 11) is 0. The van der Waals surface area contributed by atoms with E-state index in [0.29, 0.717) is 30.0 Å². The fourth-order valence-electron chi connectivity index (χ4n) is 4.10. The van der Waals surface area contributed by atoms with Crippen LogP contribution < -0.4 is 16.4 Å². The highest BCUT2D eigenvalue weighted by Crippen LogP contribution is 2.31.